The highest BCUT2D eigenvalue weighted by molar-refractivity contribution is 7.20. The van der Waals surface area contributed by atoms with E-state index in [1.54, 1.807) is 0 Å². The Morgan fingerprint density at radius 1 is 0.333 bits per heavy atom. The van der Waals surface area contributed by atoms with Gasteiger partial charge < -0.3 is 0 Å². The summed E-state index contributed by atoms with van der Waals surface area (Å²) < 4.78 is 296. The summed E-state index contributed by atoms with van der Waals surface area (Å²) in [4.78, 5) is 13.4. The third kappa shape index (κ3) is 7.63. The smallest absolute Gasteiger partial charge is 0.228 e. The minimum absolute atomic E-state index is 0.128. The van der Waals surface area contributed by atoms with Crippen LogP contribution in [-0.4, -0.2) is 11.9 Å². The lowest BCUT2D eigenvalue weighted by molar-refractivity contribution is -0.681. The minimum atomic E-state index is -7.22. The Labute approximate surface area is 388 Å². The van der Waals surface area contributed by atoms with Gasteiger partial charge in [0.1, 0.15) is 52.7 Å². The molecule has 9 aromatic rings. The largest absolute Gasteiger partial charge is 0.287 e. The van der Waals surface area contributed by atoms with Crippen LogP contribution in [-0.2, 0) is 6.54 Å². The summed E-state index contributed by atoms with van der Waals surface area (Å²) in [7, 11) is 0. The maximum absolute atomic E-state index is 15.4. The van der Waals surface area contributed by atoms with Crippen LogP contribution in [0.5, 0.6) is 0 Å². The number of carbonyl (C=O) groups is 1. The van der Waals surface area contributed by atoms with Crippen LogP contribution in [0.4, 0.5) is 87.8 Å². The van der Waals surface area contributed by atoms with Crippen molar-refractivity contribution in [2.45, 2.75) is 6.54 Å². The molecular weight excluding hydrogens is 1010 g/mol. The van der Waals surface area contributed by atoms with Gasteiger partial charge in [0.2, 0.25) is 12.3 Å². The zero-order valence-corrected chi connectivity index (χ0v) is 34.9. The third-order valence-electron chi connectivity index (χ3n) is 11.8. The van der Waals surface area contributed by atoms with Gasteiger partial charge in [0.15, 0.2) is 82.2 Å². The average Bonchev–Trinajstić information content (AvgIpc) is 3.37. The predicted molar refractivity (Wildman–Crippen MR) is 219 cm³/mol. The standard InChI is InChI=1S/C25H18NO.C24BF20/c27-24(17-26-14-13-18-7-1-2-10-21(18)16-26)25-22-11-5-3-8-19(22)15-20-9-4-6-12-23(20)25;26-5-1(6(27)14(35)21(42)13(5)34)25(2-7(28)15(36)22(43)16(37)8(2)29,3-9(30)17(38)23(44)18(39)10(3)31)4-11(32)19(40)24(45)20(41)12(4)33/h1-16H,17H2;/q+1;-1. The van der Waals surface area contributed by atoms with Gasteiger partial charge in [-0.1, -0.05) is 66.7 Å². The second kappa shape index (κ2) is 18.6. The Morgan fingerprint density at radius 2 is 0.597 bits per heavy atom. The summed E-state index contributed by atoms with van der Waals surface area (Å²) in [6, 6.07) is 28.7. The maximum Gasteiger partial charge on any atom is 0.228 e. The zero-order chi connectivity index (χ0) is 52.6. The van der Waals surface area contributed by atoms with Crippen molar-refractivity contribution in [1.82, 2.24) is 0 Å². The normalized spacial score (nSPS) is 11.7. The maximum atomic E-state index is 15.4. The summed E-state index contributed by atoms with van der Waals surface area (Å²) in [6.45, 7) is 0.322. The van der Waals surface area contributed by atoms with Crippen molar-refractivity contribution in [3.8, 4) is 0 Å². The van der Waals surface area contributed by atoms with Gasteiger partial charge in [-0.25, -0.2) is 87.8 Å². The van der Waals surface area contributed by atoms with Gasteiger partial charge in [0.25, 0.3) is 0 Å². The molecule has 0 aliphatic rings. The van der Waals surface area contributed by atoms with Crippen LogP contribution in [0.3, 0.4) is 0 Å². The molecule has 9 rings (SSSR count). The number of benzene rings is 8. The number of rotatable bonds is 7. The molecule has 0 aliphatic carbocycles. The Balaban J connectivity index is 0.000000217. The van der Waals surface area contributed by atoms with Crippen LogP contribution < -0.4 is 26.4 Å². The van der Waals surface area contributed by atoms with Crippen molar-refractivity contribution < 1.29 is 97.2 Å². The molecule has 0 unspecified atom stereocenters. The molecule has 1 heterocycles. The molecule has 0 saturated heterocycles. The first kappa shape index (κ1) is 50.4. The molecule has 23 heteroatoms. The van der Waals surface area contributed by atoms with Crippen LogP contribution in [0.25, 0.3) is 32.3 Å². The van der Waals surface area contributed by atoms with Gasteiger partial charge in [-0.3, -0.25) is 4.79 Å². The monoisotopic (exact) mass is 1030 g/mol. The topological polar surface area (TPSA) is 20.9 Å². The summed E-state index contributed by atoms with van der Waals surface area (Å²) in [5.74, 6) is -71.3. The Morgan fingerprint density at radius 3 is 0.917 bits per heavy atom. The van der Waals surface area contributed by atoms with E-state index in [2.05, 4.69) is 36.4 Å². The predicted octanol–water partition coefficient (Wildman–Crippen LogP) is 11.2. The van der Waals surface area contributed by atoms with Gasteiger partial charge in [-0.15, -0.1) is 21.9 Å². The summed E-state index contributed by atoms with van der Waals surface area (Å²) >= 11 is 0. The van der Waals surface area contributed by atoms with E-state index < -0.39 is 144 Å². The molecule has 0 bridgehead atoms. The molecule has 0 atom stereocenters. The second-order valence-electron chi connectivity index (χ2n) is 15.7. The first-order valence-electron chi connectivity index (χ1n) is 20.0. The molecule has 2 nitrogen and oxygen atoms in total. The van der Waals surface area contributed by atoms with Crippen molar-refractivity contribution in [3.05, 3.63) is 219 Å². The van der Waals surface area contributed by atoms with E-state index in [-0.39, 0.29) is 5.78 Å². The second-order valence-corrected chi connectivity index (χ2v) is 15.7. The number of ketones is 1. The summed E-state index contributed by atoms with van der Waals surface area (Å²) in [5, 5.41) is 6.55. The molecule has 72 heavy (non-hydrogen) atoms. The third-order valence-corrected chi connectivity index (χ3v) is 11.8. The number of hydrogen-bond donors (Lipinski definition) is 0. The fraction of sp³-hybridized carbons (Fsp3) is 0.0204. The molecule has 0 radical (unpaired) electrons. The summed E-state index contributed by atoms with van der Waals surface area (Å²) in [6.07, 6.45) is -3.20. The molecule has 0 aliphatic heterocycles. The van der Waals surface area contributed by atoms with Crippen LogP contribution >= 0.6 is 0 Å². The lowest BCUT2D eigenvalue weighted by Gasteiger charge is -2.44. The number of halogens is 20. The Hall–Kier alpha value is -7.98. The van der Waals surface area contributed by atoms with E-state index in [4.69, 9.17) is 0 Å². The number of fused-ring (bicyclic) bond motifs is 3. The van der Waals surface area contributed by atoms with Gasteiger partial charge in [-0.05, 0) is 39.1 Å². The van der Waals surface area contributed by atoms with Crippen molar-refractivity contribution in [2.75, 3.05) is 0 Å². The Bertz CT molecular complexity index is 3340. The first-order valence-corrected chi connectivity index (χ1v) is 20.0. The van der Waals surface area contributed by atoms with Gasteiger partial charge in [0, 0.05) is 17.0 Å². The quantitative estimate of drug-likeness (QED) is 0.0296. The van der Waals surface area contributed by atoms with Crippen LogP contribution in [0.1, 0.15) is 10.4 Å². The Kier molecular flexibility index (Phi) is 13.1. The number of Topliss-reactive ketones (excluding diaryl/α,β-unsaturated/α-hetero) is 1. The van der Waals surface area contributed by atoms with E-state index in [0.29, 0.717) is 6.54 Å². The van der Waals surface area contributed by atoms with Crippen molar-refractivity contribution in [2.24, 2.45) is 0 Å². The van der Waals surface area contributed by atoms with E-state index >= 15 is 35.1 Å². The molecule has 0 amide bonds. The highest BCUT2D eigenvalue weighted by Gasteiger charge is 2.52. The fourth-order valence-electron chi connectivity index (χ4n) is 8.71. The molecule has 0 spiro atoms. The molecule has 0 N–H and O–H groups in total. The molecular formula is C49H18BF20NO. The summed E-state index contributed by atoms with van der Waals surface area (Å²) in [5.41, 5.74) is -13.5. The van der Waals surface area contributed by atoms with Crippen LogP contribution in [0.2, 0.25) is 0 Å². The SMILES string of the molecule is Fc1c(F)c(F)c([B-](c2c(F)c(F)c(F)c(F)c2F)(c2c(F)c(F)c(F)c(F)c2F)c2c(F)c(F)c(F)c(F)c2F)c(F)c1F.O=C(C[n+]1ccc2ccccc2c1)c1c2ccccc2cc2ccccc12. The van der Waals surface area contributed by atoms with E-state index in [1.807, 2.05) is 65.5 Å². The van der Waals surface area contributed by atoms with Gasteiger partial charge in [0.05, 0.1) is 0 Å². The highest BCUT2D eigenvalue weighted by Crippen LogP contribution is 2.32. The number of aromatic nitrogens is 1. The number of nitrogens with zero attached hydrogens (tertiary/aromatic N) is 1. The van der Waals surface area contributed by atoms with Crippen molar-refractivity contribution in [1.29, 1.82) is 0 Å². The zero-order valence-electron chi connectivity index (χ0n) is 34.9. The first-order chi connectivity index (χ1) is 34.0. The van der Waals surface area contributed by atoms with Crippen LogP contribution in [0, 0.1) is 116 Å². The average molecular weight is 1030 g/mol. The highest BCUT2D eigenvalue weighted by atomic mass is 19.2. The molecule has 1 aromatic heterocycles. The van der Waals surface area contributed by atoms with Crippen LogP contribution in [0.15, 0.2) is 97.3 Å². The molecule has 368 valence electrons. The molecule has 8 aromatic carbocycles. The number of carbonyl (C=O) groups excluding carboxylic acids is 1. The molecule has 0 fully saturated rings. The molecule has 0 saturated carbocycles. The number of pyridine rings is 1. The van der Waals surface area contributed by atoms with Crippen molar-refractivity contribution in [3.63, 3.8) is 0 Å². The fourth-order valence-corrected chi connectivity index (χ4v) is 8.71. The van der Waals surface area contributed by atoms with Crippen molar-refractivity contribution >= 4 is 66.1 Å². The van der Waals surface area contributed by atoms with Gasteiger partial charge >= 0.3 is 0 Å². The number of hydrogen-bond acceptors (Lipinski definition) is 1. The van der Waals surface area contributed by atoms with E-state index in [9.17, 15) is 57.5 Å². The van der Waals surface area contributed by atoms with Gasteiger partial charge in [-0.2, -0.15) is 4.57 Å². The van der Waals surface area contributed by atoms with E-state index in [1.165, 1.54) is 5.39 Å². The minimum Gasteiger partial charge on any atom is -0.287 e. The lowest BCUT2D eigenvalue weighted by atomic mass is 9.12. The van der Waals surface area contributed by atoms with E-state index in [0.717, 1.165) is 32.5 Å². The lowest BCUT2D eigenvalue weighted by Crippen LogP contribution is -2.81.